The van der Waals surface area contributed by atoms with Crippen molar-refractivity contribution in [3.63, 3.8) is 0 Å². The Morgan fingerprint density at radius 2 is 1.71 bits per heavy atom. The molecule has 5 N–H and O–H groups in total. The molecule has 4 atom stereocenters. The smallest absolute Gasteiger partial charge is 0.238 e. The molecule has 1 aromatic carbocycles. The van der Waals surface area contributed by atoms with E-state index >= 15 is 0 Å². The van der Waals surface area contributed by atoms with Gasteiger partial charge in [0.15, 0.2) is 5.96 Å². The van der Waals surface area contributed by atoms with Crippen LogP contribution in [0.25, 0.3) is 0 Å². The fourth-order valence-corrected chi connectivity index (χ4v) is 4.86. The van der Waals surface area contributed by atoms with Gasteiger partial charge in [0.1, 0.15) is 0 Å². The SMILES string of the molecule is CC1CC(C)CN(C(=N[C@H]2CCCC[C@@H]2N)Nc2ccc(S(N)(=O)=O)cc2)C1. The van der Waals surface area contributed by atoms with Crippen LogP contribution in [-0.4, -0.2) is 44.5 Å². The van der Waals surface area contributed by atoms with E-state index in [1.54, 1.807) is 12.1 Å². The summed E-state index contributed by atoms with van der Waals surface area (Å²) >= 11 is 0. The standard InChI is InChI=1S/C20H33N5O2S/c1-14-11-15(2)13-25(12-14)20(24-19-6-4-3-5-18(19)21)23-16-7-9-17(10-8-16)28(22,26)27/h7-10,14-15,18-19H,3-6,11-13,21H2,1-2H3,(H,23,24)(H2,22,26,27)/t14?,15?,18-,19-/m0/s1. The van der Waals surface area contributed by atoms with E-state index in [9.17, 15) is 8.42 Å². The normalized spacial score (nSPS) is 29.6. The van der Waals surface area contributed by atoms with E-state index in [-0.39, 0.29) is 17.0 Å². The van der Waals surface area contributed by atoms with Crippen LogP contribution in [0.2, 0.25) is 0 Å². The van der Waals surface area contributed by atoms with E-state index in [2.05, 4.69) is 24.1 Å². The number of nitrogens with zero attached hydrogens (tertiary/aromatic N) is 2. The highest BCUT2D eigenvalue weighted by Crippen LogP contribution is 2.25. The molecule has 1 aliphatic carbocycles. The van der Waals surface area contributed by atoms with Crippen LogP contribution in [0.4, 0.5) is 5.69 Å². The summed E-state index contributed by atoms with van der Waals surface area (Å²) in [5.41, 5.74) is 7.13. The number of nitrogens with two attached hydrogens (primary N) is 2. The number of sulfonamides is 1. The molecule has 2 aliphatic rings. The van der Waals surface area contributed by atoms with Crippen LogP contribution in [0.3, 0.4) is 0 Å². The second-order valence-electron chi connectivity index (χ2n) is 8.51. The first-order chi connectivity index (χ1) is 13.2. The maximum atomic E-state index is 11.5. The fourth-order valence-electron chi connectivity index (χ4n) is 4.34. The summed E-state index contributed by atoms with van der Waals surface area (Å²) in [4.78, 5) is 7.46. The molecule has 1 heterocycles. The minimum absolute atomic E-state index is 0.0925. The van der Waals surface area contributed by atoms with Crippen molar-refractivity contribution in [3.8, 4) is 0 Å². The summed E-state index contributed by atoms with van der Waals surface area (Å²) in [6, 6.07) is 6.70. The van der Waals surface area contributed by atoms with Gasteiger partial charge in [-0.25, -0.2) is 18.5 Å². The molecule has 156 valence electrons. The third-order valence-electron chi connectivity index (χ3n) is 5.68. The number of anilines is 1. The van der Waals surface area contributed by atoms with E-state index < -0.39 is 10.0 Å². The molecule has 7 nitrogen and oxygen atoms in total. The molecule has 2 unspecified atom stereocenters. The van der Waals surface area contributed by atoms with Crippen molar-refractivity contribution in [2.45, 2.75) is 62.9 Å². The lowest BCUT2D eigenvalue weighted by molar-refractivity contribution is 0.211. The maximum absolute atomic E-state index is 11.5. The minimum atomic E-state index is -3.70. The van der Waals surface area contributed by atoms with Crippen molar-refractivity contribution in [1.29, 1.82) is 0 Å². The Morgan fingerprint density at radius 1 is 1.11 bits per heavy atom. The first-order valence-corrected chi connectivity index (χ1v) is 11.7. The summed E-state index contributed by atoms with van der Waals surface area (Å²) in [5.74, 6) is 2.03. The highest BCUT2D eigenvalue weighted by molar-refractivity contribution is 7.89. The summed E-state index contributed by atoms with van der Waals surface area (Å²) in [7, 11) is -3.70. The van der Waals surface area contributed by atoms with Gasteiger partial charge in [0.05, 0.1) is 10.9 Å². The Balaban J connectivity index is 1.85. The van der Waals surface area contributed by atoms with Crippen molar-refractivity contribution < 1.29 is 8.42 Å². The summed E-state index contributed by atoms with van der Waals surface area (Å²) in [6.07, 6.45) is 5.57. The van der Waals surface area contributed by atoms with Gasteiger partial charge in [-0.2, -0.15) is 0 Å². The number of rotatable bonds is 3. The second-order valence-corrected chi connectivity index (χ2v) is 10.1. The molecule has 1 saturated heterocycles. The Kier molecular flexibility index (Phi) is 6.62. The summed E-state index contributed by atoms with van der Waals surface area (Å²) < 4.78 is 23.0. The Hall–Kier alpha value is -1.64. The van der Waals surface area contributed by atoms with E-state index in [0.717, 1.165) is 44.0 Å². The quantitative estimate of drug-likeness (QED) is 0.526. The third-order valence-corrected chi connectivity index (χ3v) is 6.61. The average molecular weight is 408 g/mol. The van der Waals surface area contributed by atoms with Gasteiger partial charge in [-0.15, -0.1) is 0 Å². The zero-order chi connectivity index (χ0) is 20.3. The van der Waals surface area contributed by atoms with Crippen LogP contribution in [0.5, 0.6) is 0 Å². The van der Waals surface area contributed by atoms with Crippen LogP contribution in [-0.2, 0) is 10.0 Å². The summed E-state index contributed by atoms with van der Waals surface area (Å²) in [6.45, 7) is 6.45. The minimum Gasteiger partial charge on any atom is -0.342 e. The number of benzene rings is 1. The van der Waals surface area contributed by atoms with E-state index in [1.165, 1.54) is 25.0 Å². The Morgan fingerprint density at radius 3 is 2.29 bits per heavy atom. The van der Waals surface area contributed by atoms with Crippen LogP contribution >= 0.6 is 0 Å². The Labute approximate surface area is 168 Å². The van der Waals surface area contributed by atoms with Crippen LogP contribution in [0.1, 0.15) is 46.0 Å². The van der Waals surface area contributed by atoms with Crippen LogP contribution in [0, 0.1) is 11.8 Å². The third kappa shape index (κ3) is 5.46. The number of nitrogens with one attached hydrogen (secondary N) is 1. The van der Waals surface area contributed by atoms with Gasteiger partial charge in [-0.1, -0.05) is 26.7 Å². The van der Waals surface area contributed by atoms with Gasteiger partial charge in [0.2, 0.25) is 10.0 Å². The molecular formula is C20H33N5O2S. The zero-order valence-electron chi connectivity index (χ0n) is 16.8. The molecule has 2 fully saturated rings. The molecule has 1 aromatic rings. The monoisotopic (exact) mass is 407 g/mol. The number of hydrogen-bond donors (Lipinski definition) is 3. The van der Waals surface area contributed by atoms with Crippen molar-refractivity contribution in [1.82, 2.24) is 4.90 Å². The molecule has 28 heavy (non-hydrogen) atoms. The van der Waals surface area contributed by atoms with Gasteiger partial charge < -0.3 is 16.0 Å². The first-order valence-electron chi connectivity index (χ1n) is 10.2. The largest absolute Gasteiger partial charge is 0.342 e. The molecular weight excluding hydrogens is 374 g/mol. The second kappa shape index (κ2) is 8.80. The van der Waals surface area contributed by atoms with Crippen LogP contribution < -0.4 is 16.2 Å². The predicted molar refractivity (Wildman–Crippen MR) is 114 cm³/mol. The molecule has 8 heteroatoms. The number of hydrogen-bond acceptors (Lipinski definition) is 4. The number of piperidine rings is 1. The average Bonchev–Trinajstić information content (AvgIpc) is 2.62. The number of primary sulfonamides is 1. The number of likely N-dealkylation sites (tertiary alicyclic amines) is 1. The van der Waals surface area contributed by atoms with Gasteiger partial charge >= 0.3 is 0 Å². The zero-order valence-corrected chi connectivity index (χ0v) is 17.7. The topological polar surface area (TPSA) is 114 Å². The number of aliphatic imine (C=N–C) groups is 1. The van der Waals surface area contributed by atoms with Gasteiger partial charge in [-0.3, -0.25) is 0 Å². The van der Waals surface area contributed by atoms with Crippen molar-refractivity contribution in [2.75, 3.05) is 18.4 Å². The van der Waals surface area contributed by atoms with Gasteiger partial charge in [-0.05, 0) is 55.4 Å². The number of guanidine groups is 1. The van der Waals surface area contributed by atoms with Crippen molar-refractivity contribution >= 4 is 21.7 Å². The van der Waals surface area contributed by atoms with Gasteiger partial charge in [0.25, 0.3) is 0 Å². The molecule has 0 amide bonds. The molecule has 0 bridgehead atoms. The lowest BCUT2D eigenvalue weighted by Crippen LogP contribution is -2.47. The Bertz CT molecular complexity index is 783. The first kappa shape index (κ1) is 21.1. The fraction of sp³-hybridized carbons (Fsp3) is 0.650. The molecule has 1 saturated carbocycles. The molecule has 0 radical (unpaired) electrons. The van der Waals surface area contributed by atoms with E-state index in [1.807, 2.05) is 0 Å². The van der Waals surface area contributed by atoms with E-state index in [0.29, 0.717) is 11.8 Å². The van der Waals surface area contributed by atoms with E-state index in [4.69, 9.17) is 15.9 Å². The molecule has 0 spiro atoms. The predicted octanol–water partition coefficient (Wildman–Crippen LogP) is 2.35. The highest BCUT2D eigenvalue weighted by atomic mass is 32.2. The maximum Gasteiger partial charge on any atom is 0.238 e. The van der Waals surface area contributed by atoms with Gasteiger partial charge in [0, 0.05) is 24.8 Å². The molecule has 0 aromatic heterocycles. The molecule has 1 aliphatic heterocycles. The highest BCUT2D eigenvalue weighted by Gasteiger charge is 2.27. The summed E-state index contributed by atoms with van der Waals surface area (Å²) in [5, 5.41) is 8.62. The van der Waals surface area contributed by atoms with Crippen LogP contribution in [0.15, 0.2) is 34.2 Å². The van der Waals surface area contributed by atoms with Crippen molar-refractivity contribution in [3.05, 3.63) is 24.3 Å². The molecule has 3 rings (SSSR count). The lowest BCUT2D eigenvalue weighted by atomic mass is 9.91. The lowest BCUT2D eigenvalue weighted by Gasteiger charge is -2.38. The van der Waals surface area contributed by atoms with Crippen molar-refractivity contribution in [2.24, 2.45) is 27.7 Å².